The molecule has 10 N–H and O–H groups in total. The SMILES string of the molecule is CCC1NC(=O)c2cccc(c2)CNC(=O)[C@H](CC(=O)NCNC(=O)CCC(=O)OCC(COC(C)=O)OC(C)=O)NC(=O)CNC(=O)[C@H](CCCN=C(N)N)N(C)C1=O. The highest BCUT2D eigenvalue weighted by molar-refractivity contribution is 5.99. The van der Waals surface area contributed by atoms with E-state index in [4.69, 9.17) is 25.7 Å². The summed E-state index contributed by atoms with van der Waals surface area (Å²) < 4.78 is 14.7. The summed E-state index contributed by atoms with van der Waals surface area (Å²) in [7, 11) is 1.39. The van der Waals surface area contributed by atoms with E-state index in [0.29, 0.717) is 5.56 Å². The van der Waals surface area contributed by atoms with Crippen molar-refractivity contribution in [1.82, 2.24) is 36.8 Å². The number of rotatable bonds is 17. The molecule has 7 amide bonds. The molecule has 2 unspecified atom stereocenters. The van der Waals surface area contributed by atoms with Crippen LogP contribution in [0.3, 0.4) is 0 Å². The molecule has 1 aliphatic rings. The van der Waals surface area contributed by atoms with Gasteiger partial charge in [-0.15, -0.1) is 0 Å². The van der Waals surface area contributed by atoms with E-state index in [9.17, 15) is 47.9 Å². The molecular formula is C37H54N10O13. The van der Waals surface area contributed by atoms with Gasteiger partial charge in [-0.1, -0.05) is 19.1 Å². The van der Waals surface area contributed by atoms with E-state index in [1.807, 2.05) is 0 Å². The van der Waals surface area contributed by atoms with Crippen LogP contribution in [0.2, 0.25) is 0 Å². The lowest BCUT2D eigenvalue weighted by Gasteiger charge is -2.30. The Bertz CT molecular complexity index is 1770. The minimum atomic E-state index is -1.48. The van der Waals surface area contributed by atoms with E-state index in [0.717, 1.165) is 13.8 Å². The van der Waals surface area contributed by atoms with Gasteiger partial charge in [-0.2, -0.15) is 0 Å². The molecule has 23 heteroatoms. The monoisotopic (exact) mass is 846 g/mol. The summed E-state index contributed by atoms with van der Waals surface area (Å²) in [6.45, 7) is 2.12. The quantitative estimate of drug-likeness (QED) is 0.0190. The third kappa shape index (κ3) is 18.6. The van der Waals surface area contributed by atoms with E-state index in [-0.39, 0.29) is 63.3 Å². The maximum atomic E-state index is 13.6. The maximum Gasteiger partial charge on any atom is 0.306 e. The van der Waals surface area contributed by atoms with Gasteiger partial charge in [0.05, 0.1) is 26.1 Å². The molecule has 1 aromatic carbocycles. The number of guanidine groups is 1. The number of carbonyl (C=O) groups is 10. The minimum absolute atomic E-state index is 0.0712. The molecule has 0 radical (unpaired) electrons. The smallest absolute Gasteiger partial charge is 0.306 e. The largest absolute Gasteiger partial charge is 0.462 e. The summed E-state index contributed by atoms with van der Waals surface area (Å²) in [5, 5.41) is 14.9. The first-order valence-corrected chi connectivity index (χ1v) is 19.0. The Balaban J connectivity index is 2.12. The molecule has 0 aliphatic carbocycles. The first-order valence-electron chi connectivity index (χ1n) is 19.0. The molecule has 1 aromatic rings. The lowest BCUT2D eigenvalue weighted by Crippen LogP contribution is -2.56. The van der Waals surface area contributed by atoms with Crippen LogP contribution < -0.4 is 43.4 Å². The van der Waals surface area contributed by atoms with Crippen molar-refractivity contribution in [3.63, 3.8) is 0 Å². The summed E-state index contributed by atoms with van der Waals surface area (Å²) in [6, 6.07) is 2.58. The molecular weight excluding hydrogens is 792 g/mol. The van der Waals surface area contributed by atoms with Crippen LogP contribution in [-0.4, -0.2) is 134 Å². The normalized spacial score (nSPS) is 18.1. The number of amides is 7. The molecule has 2 bridgehead atoms. The number of fused-ring (bicyclic) bond motifs is 2. The summed E-state index contributed by atoms with van der Waals surface area (Å²) in [6.07, 6.45) is -1.88. The molecule has 0 fully saturated rings. The first-order chi connectivity index (χ1) is 28.4. The Labute approximate surface area is 345 Å². The number of benzene rings is 1. The van der Waals surface area contributed by atoms with Crippen molar-refractivity contribution in [2.75, 3.05) is 40.0 Å². The number of nitrogens with zero attached hydrogens (tertiary/aromatic N) is 2. The van der Waals surface area contributed by atoms with Crippen LogP contribution >= 0.6 is 0 Å². The van der Waals surface area contributed by atoms with Gasteiger partial charge >= 0.3 is 17.9 Å². The van der Waals surface area contributed by atoms with E-state index < -0.39 is 110 Å². The zero-order valence-corrected chi connectivity index (χ0v) is 34.0. The van der Waals surface area contributed by atoms with Crippen molar-refractivity contribution < 1.29 is 62.2 Å². The summed E-state index contributed by atoms with van der Waals surface area (Å²) >= 11 is 0. The number of ether oxygens (including phenoxy) is 3. The number of likely N-dealkylation sites (N-methyl/N-ethyl adjacent to an activating group) is 1. The number of nitrogens with two attached hydrogens (primary N) is 2. The molecule has 4 atom stereocenters. The Morgan fingerprint density at radius 3 is 2.23 bits per heavy atom. The molecule has 23 nitrogen and oxygen atoms in total. The fourth-order valence-electron chi connectivity index (χ4n) is 5.47. The van der Waals surface area contributed by atoms with Crippen LogP contribution in [0, 0.1) is 0 Å². The van der Waals surface area contributed by atoms with Crippen LogP contribution in [0.4, 0.5) is 0 Å². The van der Waals surface area contributed by atoms with Gasteiger partial charge in [-0.3, -0.25) is 52.9 Å². The third-order valence-corrected chi connectivity index (χ3v) is 8.54. The number of hydrogen-bond acceptors (Lipinski definition) is 14. The molecule has 0 aromatic heterocycles. The molecule has 1 aliphatic heterocycles. The van der Waals surface area contributed by atoms with Crippen LogP contribution in [-0.2, 0) is 63.9 Å². The highest BCUT2D eigenvalue weighted by Gasteiger charge is 2.32. The lowest BCUT2D eigenvalue weighted by atomic mass is 10.1. The predicted molar refractivity (Wildman–Crippen MR) is 209 cm³/mol. The van der Waals surface area contributed by atoms with Crippen LogP contribution in [0.1, 0.15) is 75.2 Å². The summed E-state index contributed by atoms with van der Waals surface area (Å²) in [5.41, 5.74) is 11.5. The van der Waals surface area contributed by atoms with E-state index >= 15 is 0 Å². The van der Waals surface area contributed by atoms with Gasteiger partial charge in [-0.05, 0) is 37.0 Å². The van der Waals surface area contributed by atoms with E-state index in [2.05, 4.69) is 36.9 Å². The van der Waals surface area contributed by atoms with Crippen LogP contribution in [0.15, 0.2) is 29.3 Å². The maximum absolute atomic E-state index is 13.6. The first kappa shape index (κ1) is 49.3. The standard InChI is InChI=1S/C37H54N10O13/c1-5-26-36(57)47(4)28(10-7-13-40-37(38)39)35(56)42-17-31(52)45-27(34(55)41-16-23-8-6-9-24(14-23)33(54)46-26)15-30(51)44-20-43-29(50)11-12-32(53)59-19-25(60-22(3)49)18-58-21(2)48/h6,8-9,14,25-28H,5,7,10-13,15-20H2,1-4H3,(H,41,55)(H,42,56)(H,43,50)(H,44,51)(H,45,52)(H,46,54)(H4,38,39,40)/t25?,26?,27-,28-/m0/s1. The Hall–Kier alpha value is -6.81. The second-order valence-corrected chi connectivity index (χ2v) is 13.4. The summed E-state index contributed by atoms with van der Waals surface area (Å²) in [4.78, 5) is 131. The topological polar surface area (TPSA) is 338 Å². The zero-order valence-electron chi connectivity index (χ0n) is 34.0. The lowest BCUT2D eigenvalue weighted by molar-refractivity contribution is -0.164. The van der Waals surface area contributed by atoms with Crippen LogP contribution in [0.5, 0.6) is 0 Å². The highest BCUT2D eigenvalue weighted by Crippen LogP contribution is 2.12. The second kappa shape index (κ2) is 25.5. The van der Waals surface area contributed by atoms with E-state index in [1.54, 1.807) is 19.1 Å². The number of nitrogens with one attached hydrogen (secondary N) is 6. The highest BCUT2D eigenvalue weighted by atomic mass is 16.6. The molecule has 330 valence electrons. The van der Waals surface area contributed by atoms with Gasteiger partial charge in [0.1, 0.15) is 31.3 Å². The van der Waals surface area contributed by atoms with Crippen molar-refractivity contribution in [3.05, 3.63) is 35.4 Å². The number of esters is 3. The van der Waals surface area contributed by atoms with Gasteiger partial charge in [0.2, 0.25) is 35.4 Å². The Kier molecular flexibility index (Phi) is 21.0. The zero-order chi connectivity index (χ0) is 44.8. The van der Waals surface area contributed by atoms with Crippen molar-refractivity contribution in [2.45, 2.75) is 90.1 Å². The average Bonchev–Trinajstić information content (AvgIpc) is 3.19. The molecule has 1 heterocycles. The van der Waals surface area contributed by atoms with Crippen molar-refractivity contribution in [1.29, 1.82) is 0 Å². The third-order valence-electron chi connectivity index (χ3n) is 8.54. The Morgan fingerprint density at radius 2 is 1.57 bits per heavy atom. The van der Waals surface area contributed by atoms with Crippen molar-refractivity contribution in [2.24, 2.45) is 16.5 Å². The summed E-state index contributed by atoms with van der Waals surface area (Å²) in [5.74, 6) is -7.27. The fraction of sp³-hybridized carbons (Fsp3) is 0.541. The number of hydrogen-bond donors (Lipinski definition) is 8. The second-order valence-electron chi connectivity index (χ2n) is 13.4. The van der Waals surface area contributed by atoms with E-state index in [1.165, 1.54) is 24.1 Å². The van der Waals surface area contributed by atoms with Crippen molar-refractivity contribution >= 4 is 65.2 Å². The predicted octanol–water partition coefficient (Wildman–Crippen LogP) is -3.30. The molecule has 2 rings (SSSR count). The van der Waals surface area contributed by atoms with Crippen LogP contribution in [0.25, 0.3) is 0 Å². The number of carbonyl (C=O) groups excluding carboxylic acids is 10. The van der Waals surface area contributed by atoms with Crippen molar-refractivity contribution in [3.8, 4) is 0 Å². The molecule has 0 saturated heterocycles. The minimum Gasteiger partial charge on any atom is -0.462 e. The van der Waals surface area contributed by atoms with Gasteiger partial charge in [0.25, 0.3) is 5.91 Å². The fourth-order valence-corrected chi connectivity index (χ4v) is 5.47. The average molecular weight is 847 g/mol. The Morgan fingerprint density at radius 1 is 0.883 bits per heavy atom. The van der Waals surface area contributed by atoms with Gasteiger partial charge in [-0.25, -0.2) is 0 Å². The van der Waals surface area contributed by atoms with Gasteiger partial charge < -0.3 is 62.5 Å². The molecule has 0 spiro atoms. The number of aliphatic imine (C=N–C) groups is 1. The van der Waals surface area contributed by atoms with Gasteiger partial charge in [0, 0.05) is 46.0 Å². The van der Waals surface area contributed by atoms with Gasteiger partial charge in [0.15, 0.2) is 12.1 Å². The molecule has 60 heavy (non-hydrogen) atoms. The molecule has 0 saturated carbocycles.